The number of benzene rings is 1. The van der Waals surface area contributed by atoms with Crippen LogP contribution >= 0.6 is 0 Å². The van der Waals surface area contributed by atoms with E-state index in [1.165, 1.54) is 5.56 Å². The summed E-state index contributed by atoms with van der Waals surface area (Å²) in [6.07, 6.45) is 0.303. The number of rotatable bonds is 3. The van der Waals surface area contributed by atoms with E-state index in [1.54, 1.807) is 0 Å². The molecule has 100 valence electrons. The summed E-state index contributed by atoms with van der Waals surface area (Å²) in [6, 6.07) is 6.34. The highest BCUT2D eigenvalue weighted by Crippen LogP contribution is 2.24. The number of carbonyl (C=O) groups is 1. The third-order valence-corrected chi connectivity index (χ3v) is 2.92. The molecular weight excluding hydrogens is 224 g/mol. The van der Waals surface area contributed by atoms with Crippen LogP contribution in [-0.4, -0.2) is 12.1 Å². The van der Waals surface area contributed by atoms with E-state index in [0.717, 1.165) is 11.1 Å². The van der Waals surface area contributed by atoms with Crippen LogP contribution in [0.1, 0.15) is 51.3 Å². The van der Waals surface area contributed by atoms with Crippen LogP contribution in [0.25, 0.3) is 0 Å². The first-order valence-electron chi connectivity index (χ1n) is 6.49. The van der Waals surface area contributed by atoms with Crippen LogP contribution in [0.4, 0.5) is 0 Å². The summed E-state index contributed by atoms with van der Waals surface area (Å²) in [5, 5.41) is 0. The number of esters is 1. The van der Waals surface area contributed by atoms with Gasteiger partial charge in [-0.15, -0.1) is 0 Å². The fraction of sp³-hybridized carbons (Fsp3) is 0.562. The lowest BCUT2D eigenvalue weighted by molar-refractivity contribution is -0.146. The topological polar surface area (TPSA) is 26.3 Å². The predicted octanol–water partition coefficient (Wildman–Crippen LogP) is 3.79. The van der Waals surface area contributed by atoms with Gasteiger partial charge in [-0.3, -0.25) is 4.79 Å². The van der Waals surface area contributed by atoms with Crippen LogP contribution in [-0.2, 0) is 21.4 Å². The SMILES string of the molecule is Cc1ccc(C(C)(C)C)cc1CC(=O)OC(C)C. The molecule has 0 saturated heterocycles. The van der Waals surface area contributed by atoms with Crippen molar-refractivity contribution in [2.75, 3.05) is 0 Å². The first kappa shape index (κ1) is 14.7. The summed E-state index contributed by atoms with van der Waals surface area (Å²) in [5.41, 5.74) is 3.56. The first-order chi connectivity index (χ1) is 8.20. The molecule has 0 atom stereocenters. The fourth-order valence-corrected chi connectivity index (χ4v) is 1.79. The van der Waals surface area contributed by atoms with Gasteiger partial charge >= 0.3 is 5.97 Å². The van der Waals surface area contributed by atoms with Gasteiger partial charge in [-0.05, 0) is 42.9 Å². The van der Waals surface area contributed by atoms with Crippen molar-refractivity contribution in [1.82, 2.24) is 0 Å². The molecule has 0 spiro atoms. The predicted molar refractivity (Wildman–Crippen MR) is 74.8 cm³/mol. The van der Waals surface area contributed by atoms with Gasteiger partial charge in [-0.25, -0.2) is 0 Å². The summed E-state index contributed by atoms with van der Waals surface area (Å²) in [4.78, 5) is 11.7. The Hall–Kier alpha value is -1.31. The zero-order chi connectivity index (χ0) is 13.9. The van der Waals surface area contributed by atoms with E-state index in [9.17, 15) is 4.79 Å². The van der Waals surface area contributed by atoms with Crippen molar-refractivity contribution in [1.29, 1.82) is 0 Å². The van der Waals surface area contributed by atoms with E-state index in [-0.39, 0.29) is 17.5 Å². The van der Waals surface area contributed by atoms with Gasteiger partial charge in [-0.2, -0.15) is 0 Å². The molecule has 0 aromatic heterocycles. The lowest BCUT2D eigenvalue weighted by Crippen LogP contribution is -2.16. The zero-order valence-electron chi connectivity index (χ0n) is 12.3. The largest absolute Gasteiger partial charge is 0.463 e. The maximum Gasteiger partial charge on any atom is 0.310 e. The van der Waals surface area contributed by atoms with Crippen molar-refractivity contribution in [3.05, 3.63) is 34.9 Å². The van der Waals surface area contributed by atoms with Crippen LogP contribution in [0.2, 0.25) is 0 Å². The van der Waals surface area contributed by atoms with E-state index in [0.29, 0.717) is 6.42 Å². The summed E-state index contributed by atoms with van der Waals surface area (Å²) >= 11 is 0. The third-order valence-electron chi connectivity index (χ3n) is 2.92. The maximum absolute atomic E-state index is 11.7. The fourth-order valence-electron chi connectivity index (χ4n) is 1.79. The van der Waals surface area contributed by atoms with E-state index in [4.69, 9.17) is 4.74 Å². The van der Waals surface area contributed by atoms with Gasteiger partial charge < -0.3 is 4.74 Å². The molecule has 0 aliphatic carbocycles. The molecule has 0 bridgehead atoms. The average Bonchev–Trinajstić information content (AvgIpc) is 2.18. The van der Waals surface area contributed by atoms with Crippen molar-refractivity contribution in [2.24, 2.45) is 0 Å². The van der Waals surface area contributed by atoms with Crippen LogP contribution in [0.3, 0.4) is 0 Å². The van der Waals surface area contributed by atoms with Gasteiger partial charge in [-0.1, -0.05) is 39.0 Å². The molecule has 0 heterocycles. The molecule has 0 unspecified atom stereocenters. The Morgan fingerprint density at radius 3 is 2.39 bits per heavy atom. The molecule has 18 heavy (non-hydrogen) atoms. The van der Waals surface area contributed by atoms with Crippen molar-refractivity contribution in [2.45, 2.75) is 59.5 Å². The molecule has 0 radical (unpaired) electrons. The Morgan fingerprint density at radius 2 is 1.89 bits per heavy atom. The highest BCUT2D eigenvalue weighted by atomic mass is 16.5. The molecule has 1 rings (SSSR count). The number of ether oxygens (including phenoxy) is 1. The number of hydrogen-bond donors (Lipinski definition) is 0. The zero-order valence-corrected chi connectivity index (χ0v) is 12.3. The van der Waals surface area contributed by atoms with Gasteiger partial charge in [0.1, 0.15) is 0 Å². The smallest absolute Gasteiger partial charge is 0.310 e. The van der Waals surface area contributed by atoms with Crippen molar-refractivity contribution in [3.63, 3.8) is 0 Å². The molecule has 0 saturated carbocycles. The molecular formula is C16H24O2. The van der Waals surface area contributed by atoms with Crippen LogP contribution < -0.4 is 0 Å². The Balaban J connectivity index is 2.92. The first-order valence-corrected chi connectivity index (χ1v) is 6.49. The quantitative estimate of drug-likeness (QED) is 0.761. The summed E-state index contributed by atoms with van der Waals surface area (Å²) < 4.78 is 5.20. The lowest BCUT2D eigenvalue weighted by atomic mass is 9.85. The highest BCUT2D eigenvalue weighted by molar-refractivity contribution is 5.73. The maximum atomic E-state index is 11.7. The molecule has 0 fully saturated rings. The van der Waals surface area contributed by atoms with Gasteiger partial charge in [0.25, 0.3) is 0 Å². The van der Waals surface area contributed by atoms with Gasteiger partial charge in [0.15, 0.2) is 0 Å². The van der Waals surface area contributed by atoms with E-state index < -0.39 is 0 Å². The molecule has 0 N–H and O–H groups in total. The normalized spacial score (nSPS) is 11.7. The second-order valence-corrected chi connectivity index (χ2v) is 6.11. The van der Waals surface area contributed by atoms with Crippen molar-refractivity contribution < 1.29 is 9.53 Å². The van der Waals surface area contributed by atoms with Gasteiger partial charge in [0.2, 0.25) is 0 Å². The minimum Gasteiger partial charge on any atom is -0.463 e. The Bertz CT molecular complexity index is 425. The third kappa shape index (κ3) is 4.17. The molecule has 0 aliphatic rings. The lowest BCUT2D eigenvalue weighted by Gasteiger charge is -2.20. The summed E-state index contributed by atoms with van der Waals surface area (Å²) in [5.74, 6) is -0.154. The standard InChI is InChI=1S/C16H24O2/c1-11(2)18-15(17)10-13-9-14(16(4,5)6)8-7-12(13)3/h7-9,11H,10H2,1-6H3. The van der Waals surface area contributed by atoms with E-state index >= 15 is 0 Å². The van der Waals surface area contributed by atoms with Gasteiger partial charge in [0, 0.05) is 0 Å². The molecule has 1 aromatic rings. The molecule has 0 amide bonds. The molecule has 2 heteroatoms. The Labute approximate surface area is 110 Å². The van der Waals surface area contributed by atoms with Gasteiger partial charge in [0.05, 0.1) is 12.5 Å². The second-order valence-electron chi connectivity index (χ2n) is 6.11. The summed E-state index contributed by atoms with van der Waals surface area (Å²) in [6.45, 7) is 12.3. The highest BCUT2D eigenvalue weighted by Gasteiger charge is 2.16. The molecule has 1 aromatic carbocycles. The monoisotopic (exact) mass is 248 g/mol. The van der Waals surface area contributed by atoms with Crippen LogP contribution in [0, 0.1) is 6.92 Å². The number of hydrogen-bond acceptors (Lipinski definition) is 2. The Kier molecular flexibility index (Phi) is 4.55. The van der Waals surface area contributed by atoms with Crippen molar-refractivity contribution >= 4 is 5.97 Å². The summed E-state index contributed by atoms with van der Waals surface area (Å²) in [7, 11) is 0. The molecule has 2 nitrogen and oxygen atoms in total. The minimum atomic E-state index is -0.154. The van der Waals surface area contributed by atoms with Crippen LogP contribution in [0.15, 0.2) is 18.2 Å². The number of aryl methyl sites for hydroxylation is 1. The number of carbonyl (C=O) groups excluding carboxylic acids is 1. The average molecular weight is 248 g/mol. The van der Waals surface area contributed by atoms with E-state index in [1.807, 2.05) is 20.8 Å². The van der Waals surface area contributed by atoms with Crippen LogP contribution in [0.5, 0.6) is 0 Å². The molecule has 0 aliphatic heterocycles. The Morgan fingerprint density at radius 1 is 1.28 bits per heavy atom. The second kappa shape index (κ2) is 5.55. The van der Waals surface area contributed by atoms with E-state index in [2.05, 4.69) is 39.0 Å². The minimum absolute atomic E-state index is 0.0522. The van der Waals surface area contributed by atoms with Crippen molar-refractivity contribution in [3.8, 4) is 0 Å².